The van der Waals surface area contributed by atoms with Crippen LogP contribution in [0.1, 0.15) is 0 Å². The van der Waals surface area contributed by atoms with Crippen LogP contribution in [0.2, 0.25) is 0 Å². The number of thiazole rings is 1. The van der Waals surface area contributed by atoms with Gasteiger partial charge in [-0.05, 0) is 18.2 Å². The summed E-state index contributed by atoms with van der Waals surface area (Å²) in [7, 11) is 0. The van der Waals surface area contributed by atoms with E-state index in [0.717, 1.165) is 36.5 Å². The van der Waals surface area contributed by atoms with Gasteiger partial charge in [0.25, 0.3) is 0 Å². The number of amides is 1. The van der Waals surface area contributed by atoms with E-state index in [9.17, 15) is 4.79 Å². The molecule has 0 spiro atoms. The van der Waals surface area contributed by atoms with Crippen LogP contribution in [0.25, 0.3) is 10.2 Å². The first kappa shape index (κ1) is 13.6. The first-order chi connectivity index (χ1) is 9.76. The molecule has 1 N–H and O–H groups in total. The highest BCUT2D eigenvalue weighted by Gasteiger charge is 2.13. The lowest BCUT2D eigenvalue weighted by Gasteiger charge is -2.28. The van der Waals surface area contributed by atoms with Gasteiger partial charge in [-0.25, -0.2) is 4.98 Å². The molecule has 1 aliphatic rings. The summed E-state index contributed by atoms with van der Waals surface area (Å²) in [5, 5.41) is 3.27. The van der Waals surface area contributed by atoms with Gasteiger partial charge in [0.05, 0.1) is 23.4 Å². The summed E-state index contributed by atoms with van der Waals surface area (Å²) in [6.45, 7) is 3.33. The lowest BCUT2D eigenvalue weighted by molar-refractivity contribution is -0.113. The summed E-state index contributed by atoms with van der Waals surface area (Å²) >= 11 is 6.93. The van der Waals surface area contributed by atoms with E-state index in [1.54, 1.807) is 0 Å². The second kappa shape index (κ2) is 5.95. The number of rotatable bonds is 3. The summed E-state index contributed by atoms with van der Waals surface area (Å²) in [5.41, 5.74) is 2.05. The number of ether oxygens (including phenoxy) is 1. The smallest absolute Gasteiger partial charge is 0.241 e. The van der Waals surface area contributed by atoms with Gasteiger partial charge in [-0.1, -0.05) is 11.3 Å². The molecule has 106 valence electrons. The average Bonchev–Trinajstić information content (AvgIpc) is 2.89. The average molecular weight is 312 g/mol. The van der Waals surface area contributed by atoms with Crippen molar-refractivity contribution in [1.82, 2.24) is 4.98 Å². The summed E-state index contributed by atoms with van der Waals surface area (Å²) in [6.07, 6.45) is 0. The molecular weight excluding hydrogens is 298 g/mol. The maximum atomic E-state index is 11.3. The minimum absolute atomic E-state index is 0.0606. The van der Waals surface area contributed by atoms with Crippen LogP contribution >= 0.6 is 22.9 Å². The molecule has 0 radical (unpaired) electrons. The maximum Gasteiger partial charge on any atom is 0.241 e. The third-order valence-electron chi connectivity index (χ3n) is 3.12. The first-order valence-corrected chi connectivity index (χ1v) is 7.70. The number of anilines is 2. The minimum Gasteiger partial charge on any atom is -0.378 e. The molecule has 0 aliphatic carbocycles. The summed E-state index contributed by atoms with van der Waals surface area (Å²) in [5.74, 6) is -0.297. The minimum atomic E-state index is -0.237. The molecular formula is C13H14ClN3O2S. The number of hydrogen-bond donors (Lipinski definition) is 1. The van der Waals surface area contributed by atoms with Gasteiger partial charge in [0.2, 0.25) is 5.91 Å². The number of alkyl halides is 1. The number of aromatic nitrogens is 1. The van der Waals surface area contributed by atoms with Gasteiger partial charge in [0, 0.05) is 18.8 Å². The van der Waals surface area contributed by atoms with E-state index in [1.807, 2.05) is 6.07 Å². The Labute approximate surface area is 125 Å². The van der Waals surface area contributed by atoms with Crippen LogP contribution in [0, 0.1) is 0 Å². The predicted octanol–water partition coefficient (Wildman–Crippen LogP) is 2.31. The number of benzene rings is 1. The molecule has 1 fully saturated rings. The normalized spacial score (nSPS) is 15.6. The van der Waals surface area contributed by atoms with Gasteiger partial charge >= 0.3 is 0 Å². The van der Waals surface area contributed by atoms with Crippen molar-refractivity contribution in [2.45, 2.75) is 0 Å². The molecule has 1 amide bonds. The number of fused-ring (bicyclic) bond motifs is 1. The van der Waals surface area contributed by atoms with Crippen LogP contribution in [0.15, 0.2) is 18.2 Å². The number of carbonyl (C=O) groups is 1. The zero-order chi connectivity index (χ0) is 13.9. The fourth-order valence-electron chi connectivity index (χ4n) is 2.14. The van der Waals surface area contributed by atoms with E-state index in [1.165, 1.54) is 17.0 Å². The number of hydrogen-bond acceptors (Lipinski definition) is 5. The van der Waals surface area contributed by atoms with Gasteiger partial charge < -0.3 is 15.0 Å². The molecule has 2 heterocycles. The van der Waals surface area contributed by atoms with E-state index in [2.05, 4.69) is 27.3 Å². The van der Waals surface area contributed by atoms with Crippen molar-refractivity contribution >= 4 is 49.9 Å². The van der Waals surface area contributed by atoms with Crippen LogP contribution in [0.3, 0.4) is 0 Å². The standard InChI is InChI=1S/C13H14ClN3O2S/c14-8-12(18)16-13-15-10-2-1-9(7-11(10)20-13)17-3-5-19-6-4-17/h1-2,7H,3-6,8H2,(H,15,16,18). The Morgan fingerprint density at radius 2 is 2.25 bits per heavy atom. The quantitative estimate of drug-likeness (QED) is 0.884. The summed E-state index contributed by atoms with van der Waals surface area (Å²) in [6, 6.07) is 6.14. The summed E-state index contributed by atoms with van der Waals surface area (Å²) in [4.78, 5) is 17.9. The van der Waals surface area contributed by atoms with Crippen LogP contribution in [-0.4, -0.2) is 43.1 Å². The highest BCUT2D eigenvalue weighted by molar-refractivity contribution is 7.22. The number of halogens is 1. The zero-order valence-electron chi connectivity index (χ0n) is 10.8. The van der Waals surface area contributed by atoms with Gasteiger partial charge in [-0.2, -0.15) is 0 Å². The highest BCUT2D eigenvalue weighted by atomic mass is 35.5. The van der Waals surface area contributed by atoms with Crippen molar-refractivity contribution < 1.29 is 9.53 Å². The van der Waals surface area contributed by atoms with Gasteiger partial charge in [0.1, 0.15) is 5.88 Å². The fraction of sp³-hybridized carbons (Fsp3) is 0.385. The molecule has 0 bridgehead atoms. The largest absolute Gasteiger partial charge is 0.378 e. The Balaban J connectivity index is 1.84. The molecule has 1 aromatic heterocycles. The highest BCUT2D eigenvalue weighted by Crippen LogP contribution is 2.30. The monoisotopic (exact) mass is 311 g/mol. The second-order valence-corrected chi connectivity index (χ2v) is 5.75. The molecule has 0 atom stereocenters. The van der Waals surface area contributed by atoms with Gasteiger partial charge in [-0.3, -0.25) is 4.79 Å². The van der Waals surface area contributed by atoms with Crippen LogP contribution in [0.4, 0.5) is 10.8 Å². The Hall–Kier alpha value is -1.37. The SMILES string of the molecule is O=C(CCl)Nc1nc2ccc(N3CCOCC3)cc2s1. The number of carbonyl (C=O) groups excluding carboxylic acids is 1. The molecule has 7 heteroatoms. The lowest BCUT2D eigenvalue weighted by atomic mass is 10.2. The lowest BCUT2D eigenvalue weighted by Crippen LogP contribution is -2.36. The summed E-state index contributed by atoms with van der Waals surface area (Å²) < 4.78 is 6.41. The van der Waals surface area contributed by atoms with Crippen LogP contribution in [-0.2, 0) is 9.53 Å². The second-order valence-electron chi connectivity index (χ2n) is 4.45. The molecule has 0 unspecified atom stereocenters. The molecule has 1 saturated heterocycles. The molecule has 20 heavy (non-hydrogen) atoms. The van der Waals surface area contributed by atoms with E-state index < -0.39 is 0 Å². The zero-order valence-corrected chi connectivity index (χ0v) is 12.3. The van der Waals surface area contributed by atoms with Crippen molar-refractivity contribution in [2.24, 2.45) is 0 Å². The predicted molar refractivity (Wildman–Crippen MR) is 82.0 cm³/mol. The van der Waals surface area contributed by atoms with Crippen molar-refractivity contribution in [1.29, 1.82) is 0 Å². The Bertz CT molecular complexity index is 625. The number of nitrogens with one attached hydrogen (secondary N) is 1. The van der Waals surface area contributed by atoms with Crippen molar-refractivity contribution in [3.8, 4) is 0 Å². The molecule has 5 nitrogen and oxygen atoms in total. The third-order valence-corrected chi connectivity index (χ3v) is 4.29. The Morgan fingerprint density at radius 1 is 1.45 bits per heavy atom. The molecule has 3 rings (SSSR count). The number of nitrogens with zero attached hydrogens (tertiary/aromatic N) is 2. The molecule has 2 aromatic rings. The molecule has 1 aliphatic heterocycles. The topological polar surface area (TPSA) is 54.5 Å². The van der Waals surface area contributed by atoms with E-state index in [-0.39, 0.29) is 11.8 Å². The first-order valence-electron chi connectivity index (χ1n) is 6.35. The van der Waals surface area contributed by atoms with Crippen LogP contribution in [0.5, 0.6) is 0 Å². The van der Waals surface area contributed by atoms with Crippen molar-refractivity contribution in [3.63, 3.8) is 0 Å². The Morgan fingerprint density at radius 3 is 3.00 bits per heavy atom. The maximum absolute atomic E-state index is 11.3. The van der Waals surface area contributed by atoms with Gasteiger partial charge in [0.15, 0.2) is 5.13 Å². The third kappa shape index (κ3) is 2.87. The van der Waals surface area contributed by atoms with E-state index in [0.29, 0.717) is 5.13 Å². The van der Waals surface area contributed by atoms with Crippen molar-refractivity contribution in [3.05, 3.63) is 18.2 Å². The van der Waals surface area contributed by atoms with Crippen LogP contribution < -0.4 is 10.2 Å². The van der Waals surface area contributed by atoms with Crippen molar-refractivity contribution in [2.75, 3.05) is 42.4 Å². The molecule has 1 aromatic carbocycles. The Kier molecular flexibility index (Phi) is 4.05. The molecule has 0 saturated carbocycles. The number of morpholine rings is 1. The van der Waals surface area contributed by atoms with E-state index in [4.69, 9.17) is 16.3 Å². The van der Waals surface area contributed by atoms with Gasteiger partial charge in [-0.15, -0.1) is 11.6 Å². The fourth-order valence-corrected chi connectivity index (χ4v) is 3.12. The van der Waals surface area contributed by atoms with E-state index >= 15 is 0 Å².